The third-order valence-electron chi connectivity index (χ3n) is 6.39. The van der Waals surface area contributed by atoms with Gasteiger partial charge in [-0.1, -0.05) is 18.2 Å². The number of carbonyl (C=O) groups excluding carboxylic acids is 1. The van der Waals surface area contributed by atoms with Crippen LogP contribution in [0.4, 0.5) is 5.82 Å². The number of nitrogens with zero attached hydrogens (tertiary/aromatic N) is 2. The van der Waals surface area contributed by atoms with Gasteiger partial charge in [0.25, 0.3) is 0 Å². The highest BCUT2D eigenvalue weighted by Gasteiger charge is 2.52. The monoisotopic (exact) mass is 479 g/mol. The fourth-order valence-electron chi connectivity index (χ4n) is 4.09. The molecule has 176 valence electrons. The van der Waals surface area contributed by atoms with Gasteiger partial charge >= 0.3 is 0 Å². The number of ether oxygens (including phenoxy) is 2. The van der Waals surface area contributed by atoms with Gasteiger partial charge in [0, 0.05) is 25.9 Å². The molecule has 1 amide bonds. The molecule has 0 saturated heterocycles. The summed E-state index contributed by atoms with van der Waals surface area (Å²) < 4.78 is 36.6. The summed E-state index contributed by atoms with van der Waals surface area (Å²) in [4.78, 5) is 17.9. The lowest BCUT2D eigenvalue weighted by Gasteiger charge is -2.17. The normalized spacial score (nSPS) is 15.9. The van der Waals surface area contributed by atoms with Crippen LogP contribution < -0.4 is 14.8 Å². The number of carbonyl (C=O) groups is 1. The van der Waals surface area contributed by atoms with Crippen molar-refractivity contribution < 1.29 is 22.7 Å². The van der Waals surface area contributed by atoms with E-state index in [-0.39, 0.29) is 17.6 Å². The lowest BCUT2D eigenvalue weighted by atomic mass is 9.94. The standard InChI is InChI=1S/C25H25N3O5S/c1-16-12-18(17-4-7-20(8-5-17)34(30,31)28(2)3)14-26-23(16)27-24(29)25(10-11-25)19-6-9-21-22(13-19)33-15-32-21/h4-9,12-14H,10-11,15H2,1-3H3,(H,26,27,29). The Bertz CT molecular complexity index is 1380. The molecule has 1 aliphatic carbocycles. The first-order valence-electron chi connectivity index (χ1n) is 10.9. The Morgan fingerprint density at radius 3 is 2.35 bits per heavy atom. The second-order valence-corrected chi connectivity index (χ2v) is 11.0. The molecule has 9 heteroatoms. The number of hydrogen-bond acceptors (Lipinski definition) is 6. The summed E-state index contributed by atoms with van der Waals surface area (Å²) in [5.41, 5.74) is 2.82. The SMILES string of the molecule is Cc1cc(-c2ccc(S(=O)(=O)N(C)C)cc2)cnc1NC(=O)C1(c2ccc3c(c2)OCO3)CC1. The van der Waals surface area contributed by atoms with E-state index < -0.39 is 15.4 Å². The van der Waals surface area contributed by atoms with Crippen LogP contribution >= 0.6 is 0 Å². The minimum absolute atomic E-state index is 0.0899. The van der Waals surface area contributed by atoms with Crippen LogP contribution in [0.15, 0.2) is 59.6 Å². The van der Waals surface area contributed by atoms with E-state index in [0.29, 0.717) is 17.3 Å². The minimum atomic E-state index is -3.48. The van der Waals surface area contributed by atoms with Gasteiger partial charge in [0.1, 0.15) is 5.82 Å². The van der Waals surface area contributed by atoms with Crippen LogP contribution in [0.3, 0.4) is 0 Å². The maximum atomic E-state index is 13.2. The smallest absolute Gasteiger partial charge is 0.242 e. The number of hydrogen-bond donors (Lipinski definition) is 1. The van der Waals surface area contributed by atoms with Crippen molar-refractivity contribution in [2.24, 2.45) is 0 Å². The predicted molar refractivity (Wildman–Crippen MR) is 127 cm³/mol. The molecular weight excluding hydrogens is 454 g/mol. The lowest BCUT2D eigenvalue weighted by Crippen LogP contribution is -2.28. The Hall–Kier alpha value is -3.43. The van der Waals surface area contributed by atoms with Crippen molar-refractivity contribution in [1.82, 2.24) is 9.29 Å². The molecule has 1 aliphatic heterocycles. The summed E-state index contributed by atoms with van der Waals surface area (Å²) >= 11 is 0. The summed E-state index contributed by atoms with van der Waals surface area (Å²) in [6.07, 6.45) is 3.20. The zero-order chi connectivity index (χ0) is 24.1. The Morgan fingerprint density at radius 2 is 1.71 bits per heavy atom. The van der Waals surface area contributed by atoms with Crippen LogP contribution in [-0.2, 0) is 20.2 Å². The number of sulfonamides is 1. The average Bonchev–Trinajstić information content (AvgIpc) is 3.51. The van der Waals surface area contributed by atoms with Crippen molar-refractivity contribution in [3.05, 3.63) is 65.9 Å². The number of aromatic nitrogens is 1. The molecule has 0 atom stereocenters. The van der Waals surface area contributed by atoms with Gasteiger partial charge in [-0.2, -0.15) is 0 Å². The van der Waals surface area contributed by atoms with Crippen molar-refractivity contribution in [3.63, 3.8) is 0 Å². The molecule has 0 bridgehead atoms. The van der Waals surface area contributed by atoms with Gasteiger partial charge in [-0.3, -0.25) is 4.79 Å². The maximum Gasteiger partial charge on any atom is 0.242 e. The molecule has 0 spiro atoms. The molecule has 2 aliphatic rings. The minimum Gasteiger partial charge on any atom is -0.454 e. The van der Waals surface area contributed by atoms with Crippen molar-refractivity contribution in [2.75, 3.05) is 26.2 Å². The summed E-state index contributed by atoms with van der Waals surface area (Å²) in [5.74, 6) is 1.78. The highest BCUT2D eigenvalue weighted by Crippen LogP contribution is 2.51. The fourth-order valence-corrected chi connectivity index (χ4v) is 4.99. The Morgan fingerprint density at radius 1 is 1.00 bits per heavy atom. The molecule has 8 nitrogen and oxygen atoms in total. The second-order valence-electron chi connectivity index (χ2n) is 8.81. The predicted octanol–water partition coefficient (Wildman–Crippen LogP) is 3.71. The van der Waals surface area contributed by atoms with Crippen molar-refractivity contribution in [2.45, 2.75) is 30.1 Å². The number of anilines is 1. The number of benzene rings is 2. The van der Waals surface area contributed by atoms with Gasteiger partial charge in [-0.15, -0.1) is 0 Å². The molecule has 1 fully saturated rings. The highest BCUT2D eigenvalue weighted by molar-refractivity contribution is 7.89. The summed E-state index contributed by atoms with van der Waals surface area (Å²) in [6.45, 7) is 2.08. The maximum absolute atomic E-state index is 13.2. The number of nitrogens with one attached hydrogen (secondary N) is 1. The Labute approximate surface area is 198 Å². The summed E-state index contributed by atoms with van der Waals surface area (Å²) in [5, 5.41) is 2.99. The van der Waals surface area contributed by atoms with Crippen LogP contribution in [0.25, 0.3) is 11.1 Å². The molecule has 0 radical (unpaired) electrons. The Kier molecular flexibility index (Phi) is 5.33. The summed E-state index contributed by atoms with van der Waals surface area (Å²) in [7, 11) is -0.480. The molecule has 0 unspecified atom stereocenters. The third kappa shape index (κ3) is 3.80. The zero-order valence-corrected chi connectivity index (χ0v) is 20.0. The molecule has 2 aromatic carbocycles. The van der Waals surface area contributed by atoms with Crippen LogP contribution in [0.5, 0.6) is 11.5 Å². The van der Waals surface area contributed by atoms with Crippen LogP contribution in [0.2, 0.25) is 0 Å². The van der Waals surface area contributed by atoms with Crippen LogP contribution in [0.1, 0.15) is 24.0 Å². The molecule has 1 N–H and O–H groups in total. The first kappa shape index (κ1) is 22.4. The van der Waals surface area contributed by atoms with Gasteiger partial charge in [-0.05, 0) is 66.8 Å². The number of aryl methyl sites for hydroxylation is 1. The first-order chi connectivity index (χ1) is 16.2. The van der Waals surface area contributed by atoms with E-state index >= 15 is 0 Å². The van der Waals surface area contributed by atoms with E-state index in [1.807, 2.05) is 31.2 Å². The molecule has 1 saturated carbocycles. The topological polar surface area (TPSA) is 97.8 Å². The molecular formula is C25H25N3O5S. The van der Waals surface area contributed by atoms with E-state index in [1.165, 1.54) is 18.4 Å². The quantitative estimate of drug-likeness (QED) is 0.579. The van der Waals surface area contributed by atoms with Crippen molar-refractivity contribution >= 4 is 21.7 Å². The van der Waals surface area contributed by atoms with Gasteiger partial charge in [0.15, 0.2) is 11.5 Å². The summed E-state index contributed by atoms with van der Waals surface area (Å²) in [6, 6.07) is 14.3. The van der Waals surface area contributed by atoms with Gasteiger partial charge < -0.3 is 14.8 Å². The Balaban J connectivity index is 1.34. The molecule has 34 heavy (non-hydrogen) atoms. The lowest BCUT2D eigenvalue weighted by molar-refractivity contribution is -0.118. The first-order valence-corrected chi connectivity index (χ1v) is 12.4. The van der Waals surface area contributed by atoms with Crippen molar-refractivity contribution in [3.8, 4) is 22.6 Å². The van der Waals surface area contributed by atoms with Gasteiger partial charge in [-0.25, -0.2) is 17.7 Å². The van der Waals surface area contributed by atoms with Crippen molar-refractivity contribution in [1.29, 1.82) is 0 Å². The number of amides is 1. The van der Waals surface area contributed by atoms with Gasteiger partial charge in [0.05, 0.1) is 10.3 Å². The van der Waals surface area contributed by atoms with Crippen LogP contribution in [-0.4, -0.2) is 44.5 Å². The molecule has 1 aromatic heterocycles. The van der Waals surface area contributed by atoms with E-state index in [4.69, 9.17) is 9.47 Å². The zero-order valence-electron chi connectivity index (χ0n) is 19.2. The number of pyridine rings is 1. The number of rotatable bonds is 6. The molecule has 2 heterocycles. The average molecular weight is 480 g/mol. The van der Waals surface area contributed by atoms with E-state index in [2.05, 4.69) is 10.3 Å². The van der Waals surface area contributed by atoms with E-state index in [0.717, 1.165) is 35.1 Å². The molecule has 5 rings (SSSR count). The fraction of sp³-hybridized carbons (Fsp3) is 0.280. The largest absolute Gasteiger partial charge is 0.454 e. The number of fused-ring (bicyclic) bond motifs is 1. The highest BCUT2D eigenvalue weighted by atomic mass is 32.2. The third-order valence-corrected chi connectivity index (χ3v) is 8.22. The molecule has 3 aromatic rings. The van der Waals surface area contributed by atoms with Gasteiger partial charge in [0.2, 0.25) is 22.7 Å². The second kappa shape index (κ2) is 8.11. The van der Waals surface area contributed by atoms with E-state index in [1.54, 1.807) is 30.5 Å². The van der Waals surface area contributed by atoms with E-state index in [9.17, 15) is 13.2 Å². The van der Waals surface area contributed by atoms with Crippen LogP contribution in [0, 0.1) is 6.92 Å².